The lowest BCUT2D eigenvalue weighted by Gasteiger charge is -2.00. The zero-order chi connectivity index (χ0) is 18.9. The van der Waals surface area contributed by atoms with Crippen LogP contribution in [0.2, 0.25) is 5.02 Å². The Labute approximate surface area is 173 Å². The fourth-order valence-electron chi connectivity index (χ4n) is 1.85. The van der Waals surface area contributed by atoms with E-state index < -0.39 is 0 Å². The van der Waals surface area contributed by atoms with Gasteiger partial charge in [-0.15, -0.1) is 10.2 Å². The molecule has 3 aromatic rings. The highest BCUT2D eigenvalue weighted by Gasteiger charge is 2.09. The Kier molecular flexibility index (Phi) is 7.64. The number of carbonyl (C=O) groups is 1. The van der Waals surface area contributed by atoms with E-state index in [0.717, 1.165) is 25.0 Å². The van der Waals surface area contributed by atoms with Crippen LogP contribution in [0.5, 0.6) is 0 Å². The van der Waals surface area contributed by atoms with Crippen LogP contribution in [-0.2, 0) is 10.5 Å². The van der Waals surface area contributed by atoms with Gasteiger partial charge in [0.25, 0.3) is 5.91 Å². The molecular weight excluding hydrogens is 422 g/mol. The Morgan fingerprint density at radius 3 is 2.70 bits per heavy atom. The van der Waals surface area contributed by atoms with Crippen LogP contribution in [0.1, 0.15) is 11.3 Å². The van der Waals surface area contributed by atoms with E-state index in [4.69, 9.17) is 11.6 Å². The molecule has 0 spiro atoms. The van der Waals surface area contributed by atoms with Gasteiger partial charge in [0.1, 0.15) is 0 Å². The molecule has 6 nitrogen and oxygen atoms in total. The number of nitrogens with zero attached hydrogens (tertiary/aromatic N) is 4. The van der Waals surface area contributed by atoms with Crippen molar-refractivity contribution in [1.82, 2.24) is 20.6 Å². The summed E-state index contributed by atoms with van der Waals surface area (Å²) in [5.41, 5.74) is 4.20. The monoisotopic (exact) mass is 435 g/mol. The number of rotatable bonds is 8. The minimum atomic E-state index is -0.215. The van der Waals surface area contributed by atoms with Gasteiger partial charge in [-0.1, -0.05) is 70.7 Å². The van der Waals surface area contributed by atoms with E-state index in [-0.39, 0.29) is 11.7 Å². The zero-order valence-corrected chi connectivity index (χ0v) is 17.1. The van der Waals surface area contributed by atoms with Crippen LogP contribution < -0.4 is 5.43 Å². The number of hydrazone groups is 1. The molecule has 10 heteroatoms. The van der Waals surface area contributed by atoms with Crippen molar-refractivity contribution in [1.29, 1.82) is 0 Å². The maximum absolute atomic E-state index is 11.8. The number of thioether (sulfide) groups is 2. The van der Waals surface area contributed by atoms with Crippen molar-refractivity contribution in [3.8, 4) is 0 Å². The summed E-state index contributed by atoms with van der Waals surface area (Å²) in [7, 11) is 0. The third-order valence-corrected chi connectivity index (χ3v) is 6.70. The first kappa shape index (κ1) is 19.8. The normalized spacial score (nSPS) is 11.0. The highest BCUT2D eigenvalue weighted by Crippen LogP contribution is 2.32. The van der Waals surface area contributed by atoms with E-state index in [1.54, 1.807) is 24.0 Å². The second-order valence-electron chi connectivity index (χ2n) is 5.05. The van der Waals surface area contributed by atoms with Gasteiger partial charge in [-0.3, -0.25) is 9.78 Å². The van der Waals surface area contributed by atoms with Crippen molar-refractivity contribution in [3.05, 3.63) is 64.9 Å². The molecule has 0 atom stereocenters. The van der Waals surface area contributed by atoms with E-state index in [9.17, 15) is 4.79 Å². The Bertz CT molecular complexity index is 920. The van der Waals surface area contributed by atoms with Crippen molar-refractivity contribution in [2.24, 2.45) is 5.10 Å². The average Bonchev–Trinajstić information content (AvgIpc) is 3.14. The molecule has 2 aromatic heterocycles. The van der Waals surface area contributed by atoms with Gasteiger partial charge in [-0.05, 0) is 23.8 Å². The predicted octanol–water partition coefficient (Wildman–Crippen LogP) is 4.12. The molecule has 0 bridgehead atoms. The second-order valence-corrected chi connectivity index (χ2v) is 8.88. The maximum Gasteiger partial charge on any atom is 0.250 e. The summed E-state index contributed by atoms with van der Waals surface area (Å²) in [6.07, 6.45) is 3.16. The first-order valence-corrected chi connectivity index (χ1v) is 10.9. The third kappa shape index (κ3) is 6.62. The highest BCUT2D eigenvalue weighted by molar-refractivity contribution is 8.03. The van der Waals surface area contributed by atoms with Crippen LogP contribution in [0.3, 0.4) is 0 Å². The fourth-order valence-corrected chi connectivity index (χ4v) is 4.95. The second kappa shape index (κ2) is 10.4. The van der Waals surface area contributed by atoms with Gasteiger partial charge in [0.05, 0.1) is 17.7 Å². The molecule has 3 rings (SSSR count). The maximum atomic E-state index is 11.8. The number of amides is 1. The van der Waals surface area contributed by atoms with Gasteiger partial charge >= 0.3 is 0 Å². The summed E-state index contributed by atoms with van der Waals surface area (Å²) in [5, 5.41) is 12.9. The topological polar surface area (TPSA) is 80.1 Å². The van der Waals surface area contributed by atoms with Crippen molar-refractivity contribution in [3.63, 3.8) is 0 Å². The van der Waals surface area contributed by atoms with Crippen molar-refractivity contribution < 1.29 is 4.79 Å². The van der Waals surface area contributed by atoms with Gasteiger partial charge in [0.15, 0.2) is 8.68 Å². The fraction of sp³-hybridized carbons (Fsp3) is 0.118. The van der Waals surface area contributed by atoms with E-state index in [2.05, 4.69) is 25.7 Å². The van der Waals surface area contributed by atoms with Crippen molar-refractivity contribution in [2.45, 2.75) is 14.4 Å². The van der Waals surface area contributed by atoms with Crippen LogP contribution in [0, 0.1) is 0 Å². The third-order valence-electron chi connectivity index (χ3n) is 3.10. The molecule has 2 heterocycles. The molecule has 1 amide bonds. The first-order chi connectivity index (χ1) is 13.2. The van der Waals surface area contributed by atoms with Gasteiger partial charge in [0.2, 0.25) is 0 Å². The van der Waals surface area contributed by atoms with E-state index in [1.807, 2.05) is 36.4 Å². The average molecular weight is 436 g/mol. The molecule has 1 N–H and O–H groups in total. The Balaban J connectivity index is 1.42. The number of nitrogens with one attached hydrogen (secondary N) is 1. The first-order valence-electron chi connectivity index (χ1n) is 7.76. The van der Waals surface area contributed by atoms with Gasteiger partial charge in [-0.25, -0.2) is 5.43 Å². The summed E-state index contributed by atoms with van der Waals surface area (Å²) < 4.78 is 1.58. The molecule has 0 aliphatic carbocycles. The number of benzene rings is 1. The Morgan fingerprint density at radius 1 is 1.15 bits per heavy atom. The standard InChI is InChI=1S/C17H14ClN5OS3/c18-14-7-2-1-5-12(14)10-25-16-22-23-17(27-16)26-11-15(24)21-20-9-13-6-3-4-8-19-13/h1-9H,10-11H2,(H,21,24)/b20-9-. The van der Waals surface area contributed by atoms with Crippen LogP contribution in [0.25, 0.3) is 0 Å². The Morgan fingerprint density at radius 2 is 1.93 bits per heavy atom. The number of hydrogen-bond acceptors (Lipinski definition) is 8. The summed E-state index contributed by atoms with van der Waals surface area (Å²) in [5.74, 6) is 0.720. The predicted molar refractivity (Wildman–Crippen MR) is 112 cm³/mol. The minimum absolute atomic E-state index is 0.212. The van der Waals surface area contributed by atoms with Gasteiger partial charge in [0, 0.05) is 17.0 Å². The quantitative estimate of drug-likeness (QED) is 0.325. The molecule has 27 heavy (non-hydrogen) atoms. The zero-order valence-electron chi connectivity index (χ0n) is 13.9. The Hall–Kier alpha value is -1.94. The molecule has 0 saturated heterocycles. The summed E-state index contributed by atoms with van der Waals surface area (Å²) in [6, 6.07) is 13.2. The number of pyridine rings is 1. The molecule has 0 aliphatic heterocycles. The van der Waals surface area contributed by atoms with Crippen LogP contribution in [0.4, 0.5) is 0 Å². The molecule has 0 unspecified atom stereocenters. The lowest BCUT2D eigenvalue weighted by molar-refractivity contribution is -0.118. The molecule has 1 aromatic carbocycles. The summed E-state index contributed by atoms with van der Waals surface area (Å²) in [6.45, 7) is 0. The number of halogens is 1. The largest absolute Gasteiger partial charge is 0.272 e. The van der Waals surface area contributed by atoms with E-state index in [0.29, 0.717) is 5.69 Å². The molecule has 0 radical (unpaired) electrons. The van der Waals surface area contributed by atoms with Crippen LogP contribution >= 0.6 is 46.5 Å². The van der Waals surface area contributed by atoms with Crippen molar-refractivity contribution >= 4 is 58.6 Å². The lowest BCUT2D eigenvalue weighted by Crippen LogP contribution is -2.19. The lowest BCUT2D eigenvalue weighted by atomic mass is 10.2. The number of hydrogen-bond donors (Lipinski definition) is 1. The SMILES string of the molecule is O=C(CSc1nnc(SCc2ccccc2Cl)s1)N/N=C\c1ccccn1. The highest BCUT2D eigenvalue weighted by atomic mass is 35.5. The molecule has 0 fully saturated rings. The molecule has 0 aliphatic rings. The summed E-state index contributed by atoms with van der Waals surface area (Å²) in [4.78, 5) is 15.9. The van der Waals surface area contributed by atoms with Crippen molar-refractivity contribution in [2.75, 3.05) is 5.75 Å². The minimum Gasteiger partial charge on any atom is -0.272 e. The number of aromatic nitrogens is 3. The van der Waals surface area contributed by atoms with E-state index >= 15 is 0 Å². The van der Waals surface area contributed by atoms with E-state index in [1.165, 1.54) is 29.3 Å². The number of carbonyl (C=O) groups excluding carboxylic acids is 1. The summed E-state index contributed by atoms with van der Waals surface area (Å²) >= 11 is 10.5. The molecular formula is C17H14ClN5OS3. The van der Waals surface area contributed by atoms with Gasteiger partial charge < -0.3 is 0 Å². The smallest absolute Gasteiger partial charge is 0.250 e. The molecule has 138 valence electrons. The van der Waals surface area contributed by atoms with Gasteiger partial charge in [-0.2, -0.15) is 5.10 Å². The van der Waals surface area contributed by atoms with Crippen LogP contribution in [-0.4, -0.2) is 33.1 Å². The molecule has 0 saturated carbocycles. The van der Waals surface area contributed by atoms with Crippen LogP contribution in [0.15, 0.2) is 62.4 Å².